The van der Waals surface area contributed by atoms with Crippen LogP contribution >= 0.6 is 0 Å². The number of nitrogens with one attached hydrogen (secondary N) is 1. The number of benzene rings is 1. The molecule has 1 N–H and O–H groups in total. The fourth-order valence-corrected chi connectivity index (χ4v) is 1.90. The van der Waals surface area contributed by atoms with Gasteiger partial charge in [0.25, 0.3) is 5.56 Å². The van der Waals surface area contributed by atoms with Crippen LogP contribution in [0.15, 0.2) is 40.1 Å². The van der Waals surface area contributed by atoms with Crippen molar-refractivity contribution in [2.75, 3.05) is 7.11 Å². The van der Waals surface area contributed by atoms with Gasteiger partial charge in [-0.2, -0.15) is 4.39 Å². The van der Waals surface area contributed by atoms with Gasteiger partial charge in [-0.3, -0.25) is 19.1 Å². The Bertz CT molecular complexity index is 779. The lowest BCUT2D eigenvalue weighted by Gasteiger charge is -2.10. The summed E-state index contributed by atoms with van der Waals surface area (Å²) in [6.45, 7) is 0.0414. The summed E-state index contributed by atoms with van der Waals surface area (Å²) in [5.41, 5.74) is -0.437. The number of carbonyl (C=O) groups is 1. The fraction of sp³-hybridized carbons (Fsp3) is 0.214. The minimum absolute atomic E-state index is 0.0414. The first-order valence-corrected chi connectivity index (χ1v) is 6.14. The molecule has 2 aromatic rings. The molecule has 110 valence electrons. The lowest BCUT2D eigenvalue weighted by Crippen LogP contribution is -2.31. The molecule has 0 aliphatic carbocycles. The number of nitrogens with zero attached hydrogens (tertiary/aromatic N) is 1. The Labute approximate surface area is 118 Å². The van der Waals surface area contributed by atoms with Gasteiger partial charge < -0.3 is 4.74 Å². The van der Waals surface area contributed by atoms with Crippen molar-refractivity contribution in [3.8, 4) is 0 Å². The summed E-state index contributed by atoms with van der Waals surface area (Å²) in [6, 6.07) is 6.92. The molecular formula is C14H13FN2O4. The Morgan fingerprint density at radius 3 is 2.62 bits per heavy atom. The molecule has 0 radical (unpaired) electrons. The Morgan fingerprint density at radius 1 is 1.29 bits per heavy atom. The number of methoxy groups -OCH3 is 1. The molecular weight excluding hydrogens is 279 g/mol. The highest BCUT2D eigenvalue weighted by atomic mass is 19.1. The SMILES string of the molecule is COC(=O)Cc1ccccc1Cn1cc(F)c(=O)[nH]c1=O. The Balaban J connectivity index is 2.36. The summed E-state index contributed by atoms with van der Waals surface area (Å²) in [7, 11) is 1.28. The highest BCUT2D eigenvalue weighted by molar-refractivity contribution is 5.72. The molecule has 0 aliphatic heterocycles. The lowest BCUT2D eigenvalue weighted by atomic mass is 10.0. The molecule has 0 spiro atoms. The van der Waals surface area contributed by atoms with E-state index in [1.165, 1.54) is 7.11 Å². The summed E-state index contributed by atoms with van der Waals surface area (Å²) >= 11 is 0. The van der Waals surface area contributed by atoms with Crippen LogP contribution in [0.2, 0.25) is 0 Å². The molecule has 1 aromatic heterocycles. The van der Waals surface area contributed by atoms with Crippen molar-refractivity contribution in [2.45, 2.75) is 13.0 Å². The van der Waals surface area contributed by atoms with E-state index >= 15 is 0 Å². The van der Waals surface area contributed by atoms with Gasteiger partial charge in [0, 0.05) is 0 Å². The molecule has 6 nitrogen and oxygen atoms in total. The summed E-state index contributed by atoms with van der Waals surface area (Å²) in [5, 5.41) is 0. The monoisotopic (exact) mass is 292 g/mol. The second-order valence-corrected chi connectivity index (χ2v) is 4.39. The number of halogens is 1. The molecule has 0 atom stereocenters. The van der Waals surface area contributed by atoms with Gasteiger partial charge in [0.05, 0.1) is 26.3 Å². The van der Waals surface area contributed by atoms with Gasteiger partial charge in [-0.05, 0) is 11.1 Å². The number of hydrogen-bond donors (Lipinski definition) is 1. The van der Waals surface area contributed by atoms with Crippen molar-refractivity contribution in [2.24, 2.45) is 0 Å². The van der Waals surface area contributed by atoms with E-state index in [-0.39, 0.29) is 13.0 Å². The lowest BCUT2D eigenvalue weighted by molar-refractivity contribution is -0.139. The van der Waals surface area contributed by atoms with Crippen LogP contribution in [-0.2, 0) is 22.5 Å². The van der Waals surface area contributed by atoms with Crippen molar-refractivity contribution in [3.63, 3.8) is 0 Å². The first-order chi connectivity index (χ1) is 10.0. The van der Waals surface area contributed by atoms with Gasteiger partial charge >= 0.3 is 11.7 Å². The van der Waals surface area contributed by atoms with Crippen LogP contribution in [0.5, 0.6) is 0 Å². The normalized spacial score (nSPS) is 10.4. The molecule has 0 fully saturated rings. The van der Waals surface area contributed by atoms with E-state index in [0.29, 0.717) is 11.1 Å². The molecule has 0 amide bonds. The van der Waals surface area contributed by atoms with E-state index in [2.05, 4.69) is 4.74 Å². The summed E-state index contributed by atoms with van der Waals surface area (Å²) in [6.07, 6.45) is 0.892. The van der Waals surface area contributed by atoms with Crippen molar-refractivity contribution in [1.82, 2.24) is 9.55 Å². The maximum absolute atomic E-state index is 13.2. The standard InChI is InChI=1S/C14H13FN2O4/c1-21-12(18)6-9-4-2-3-5-10(9)7-17-8-11(15)13(19)16-14(17)20/h2-5,8H,6-7H2,1H3,(H,16,19,20). The largest absolute Gasteiger partial charge is 0.469 e. The molecule has 1 aromatic carbocycles. The zero-order valence-corrected chi connectivity index (χ0v) is 11.3. The van der Waals surface area contributed by atoms with Crippen LogP contribution in [0.1, 0.15) is 11.1 Å². The molecule has 0 aliphatic rings. The topological polar surface area (TPSA) is 81.2 Å². The highest BCUT2D eigenvalue weighted by Gasteiger charge is 2.10. The second-order valence-electron chi connectivity index (χ2n) is 4.39. The maximum atomic E-state index is 13.2. The molecule has 0 saturated carbocycles. The molecule has 1 heterocycles. The van der Waals surface area contributed by atoms with Crippen LogP contribution in [0.25, 0.3) is 0 Å². The first-order valence-electron chi connectivity index (χ1n) is 6.14. The van der Waals surface area contributed by atoms with E-state index in [9.17, 15) is 18.8 Å². The van der Waals surface area contributed by atoms with Crippen molar-refractivity contribution < 1.29 is 13.9 Å². The minimum atomic E-state index is -1.06. The van der Waals surface area contributed by atoms with Crippen LogP contribution in [0.4, 0.5) is 4.39 Å². The quantitative estimate of drug-likeness (QED) is 0.829. The number of aromatic nitrogens is 2. The first kappa shape index (κ1) is 14.7. The molecule has 0 saturated heterocycles. The molecule has 0 bridgehead atoms. The number of esters is 1. The average Bonchev–Trinajstić information content (AvgIpc) is 2.46. The zero-order valence-electron chi connectivity index (χ0n) is 11.3. The maximum Gasteiger partial charge on any atom is 0.328 e. The van der Waals surface area contributed by atoms with Gasteiger partial charge in [0.2, 0.25) is 5.82 Å². The third-order valence-electron chi connectivity index (χ3n) is 2.99. The minimum Gasteiger partial charge on any atom is -0.469 e. The summed E-state index contributed by atoms with van der Waals surface area (Å²) in [5.74, 6) is -1.46. The van der Waals surface area contributed by atoms with E-state index < -0.39 is 23.0 Å². The third kappa shape index (κ3) is 3.44. The molecule has 0 unspecified atom stereocenters. The second kappa shape index (κ2) is 6.17. The highest BCUT2D eigenvalue weighted by Crippen LogP contribution is 2.11. The Hall–Kier alpha value is -2.70. The number of hydrogen-bond acceptors (Lipinski definition) is 4. The van der Waals surface area contributed by atoms with E-state index in [0.717, 1.165) is 10.8 Å². The Kier molecular flexibility index (Phi) is 4.32. The number of ether oxygens (including phenoxy) is 1. The molecule has 7 heteroatoms. The fourth-order valence-electron chi connectivity index (χ4n) is 1.90. The van der Waals surface area contributed by atoms with Crippen molar-refractivity contribution in [1.29, 1.82) is 0 Å². The zero-order chi connectivity index (χ0) is 15.4. The molecule has 2 rings (SSSR count). The van der Waals surface area contributed by atoms with Crippen molar-refractivity contribution in [3.05, 3.63) is 68.2 Å². The van der Waals surface area contributed by atoms with Gasteiger partial charge in [-0.15, -0.1) is 0 Å². The summed E-state index contributed by atoms with van der Waals surface area (Å²) in [4.78, 5) is 35.9. The van der Waals surface area contributed by atoms with Gasteiger partial charge in [0.15, 0.2) is 0 Å². The number of H-pyrrole nitrogens is 1. The van der Waals surface area contributed by atoms with Gasteiger partial charge in [-0.1, -0.05) is 24.3 Å². The van der Waals surface area contributed by atoms with E-state index in [1.807, 2.05) is 4.98 Å². The number of carbonyl (C=O) groups excluding carboxylic acids is 1. The smallest absolute Gasteiger partial charge is 0.328 e. The van der Waals surface area contributed by atoms with Gasteiger partial charge in [0.1, 0.15) is 0 Å². The summed E-state index contributed by atoms with van der Waals surface area (Å²) < 4.78 is 18.9. The predicted octanol–water partition coefficient (Wildman–Crippen LogP) is 0.440. The average molecular weight is 292 g/mol. The van der Waals surface area contributed by atoms with E-state index in [4.69, 9.17) is 0 Å². The van der Waals surface area contributed by atoms with Gasteiger partial charge in [-0.25, -0.2) is 4.79 Å². The van der Waals surface area contributed by atoms with Crippen LogP contribution < -0.4 is 11.2 Å². The van der Waals surface area contributed by atoms with E-state index in [1.54, 1.807) is 24.3 Å². The van der Waals surface area contributed by atoms with Crippen LogP contribution in [0.3, 0.4) is 0 Å². The van der Waals surface area contributed by atoms with Crippen molar-refractivity contribution >= 4 is 5.97 Å². The predicted molar refractivity (Wildman–Crippen MR) is 72.5 cm³/mol. The Morgan fingerprint density at radius 2 is 1.95 bits per heavy atom. The van der Waals surface area contributed by atoms with Crippen LogP contribution in [0, 0.1) is 5.82 Å². The molecule has 21 heavy (non-hydrogen) atoms. The van der Waals surface area contributed by atoms with Crippen LogP contribution in [-0.4, -0.2) is 22.6 Å². The number of rotatable bonds is 4. The third-order valence-corrected chi connectivity index (χ3v) is 2.99. The number of aromatic amines is 1.